The van der Waals surface area contributed by atoms with Gasteiger partial charge < -0.3 is 10.1 Å². The molecule has 1 fully saturated rings. The van der Waals surface area contributed by atoms with Crippen LogP contribution < -0.4 is 5.32 Å². The average Bonchev–Trinajstić information content (AvgIpc) is 2.80. The molecule has 0 bridgehead atoms. The minimum absolute atomic E-state index is 0.115. The Hall–Kier alpha value is -1.37. The highest BCUT2D eigenvalue weighted by atomic mass is 35.5. The van der Waals surface area contributed by atoms with Gasteiger partial charge in [0.1, 0.15) is 5.15 Å². The Balaban J connectivity index is 1.83. The van der Waals surface area contributed by atoms with Crippen LogP contribution in [0.2, 0.25) is 5.15 Å². The molecular weight excluding hydrogens is 328 g/mol. The van der Waals surface area contributed by atoms with Gasteiger partial charge in [0, 0.05) is 44.4 Å². The Morgan fingerprint density at radius 2 is 2.12 bits per heavy atom. The first kappa shape index (κ1) is 19.0. The molecule has 1 amide bonds. The molecule has 0 spiro atoms. The van der Waals surface area contributed by atoms with Gasteiger partial charge in [0.05, 0.1) is 18.9 Å². The third kappa shape index (κ3) is 5.61. The molecule has 1 aliphatic rings. The fraction of sp³-hybridized carbons (Fsp3) is 0.647. The van der Waals surface area contributed by atoms with Crippen LogP contribution in [0.3, 0.4) is 0 Å². The molecule has 0 aromatic carbocycles. The number of ether oxygens (including phenoxy) is 1. The number of morpholine rings is 1. The van der Waals surface area contributed by atoms with E-state index in [1.807, 2.05) is 6.92 Å². The van der Waals surface area contributed by atoms with Crippen LogP contribution in [0.1, 0.15) is 25.1 Å². The van der Waals surface area contributed by atoms with Crippen molar-refractivity contribution in [2.24, 2.45) is 5.92 Å². The highest BCUT2D eigenvalue weighted by molar-refractivity contribution is 6.31. The Morgan fingerprint density at radius 3 is 2.79 bits per heavy atom. The predicted molar refractivity (Wildman–Crippen MR) is 96.1 cm³/mol. The maximum atomic E-state index is 12.0. The first-order valence-corrected chi connectivity index (χ1v) is 8.84. The maximum absolute atomic E-state index is 12.0. The van der Waals surface area contributed by atoms with Crippen molar-refractivity contribution in [3.63, 3.8) is 0 Å². The van der Waals surface area contributed by atoms with Gasteiger partial charge in [-0.25, -0.2) is 0 Å². The van der Waals surface area contributed by atoms with Gasteiger partial charge in [-0.2, -0.15) is 5.10 Å². The third-order valence-corrected chi connectivity index (χ3v) is 4.28. The number of carbonyl (C=O) groups excluding carboxylic acids is 1. The van der Waals surface area contributed by atoms with Gasteiger partial charge >= 0.3 is 0 Å². The zero-order chi connectivity index (χ0) is 17.5. The second-order valence-electron chi connectivity index (χ2n) is 6.44. The third-order valence-electron chi connectivity index (χ3n) is 3.88. The van der Waals surface area contributed by atoms with Gasteiger partial charge in [-0.15, -0.1) is 0 Å². The van der Waals surface area contributed by atoms with Gasteiger partial charge in [-0.05, 0) is 18.9 Å². The fourth-order valence-electron chi connectivity index (χ4n) is 2.60. The summed E-state index contributed by atoms with van der Waals surface area (Å²) >= 11 is 6.36. The lowest BCUT2D eigenvalue weighted by molar-refractivity contribution is -0.116. The Kier molecular flexibility index (Phi) is 7.27. The quantitative estimate of drug-likeness (QED) is 0.760. The number of carbonyl (C=O) groups is 1. The van der Waals surface area contributed by atoms with Gasteiger partial charge in [0.25, 0.3) is 0 Å². The topological polar surface area (TPSA) is 59.4 Å². The molecule has 1 N–H and O–H groups in total. The number of amides is 1. The van der Waals surface area contributed by atoms with Crippen molar-refractivity contribution in [3.8, 4) is 0 Å². The van der Waals surface area contributed by atoms with E-state index in [1.165, 1.54) is 6.08 Å². The standard InChI is InChI=1S/C17H27ClN4O2/c1-13(2)12-22-17(18)15(14(3)20-22)4-5-16(23)19-6-7-21-8-10-24-11-9-21/h4-5,13H,6-12H2,1-3H3,(H,19,23). The van der Waals surface area contributed by atoms with Crippen LogP contribution in [0, 0.1) is 12.8 Å². The van der Waals surface area contributed by atoms with Gasteiger partial charge in [0.2, 0.25) is 5.91 Å². The summed E-state index contributed by atoms with van der Waals surface area (Å²) in [5.74, 6) is 0.345. The lowest BCUT2D eigenvalue weighted by atomic mass is 10.2. The lowest BCUT2D eigenvalue weighted by Crippen LogP contribution is -2.41. The molecule has 6 nitrogen and oxygen atoms in total. The monoisotopic (exact) mass is 354 g/mol. The van der Waals surface area contributed by atoms with E-state index in [1.54, 1.807) is 10.8 Å². The number of rotatable bonds is 7. The van der Waals surface area contributed by atoms with E-state index < -0.39 is 0 Å². The Morgan fingerprint density at radius 1 is 1.42 bits per heavy atom. The molecule has 0 atom stereocenters. The molecule has 1 saturated heterocycles. The van der Waals surface area contributed by atoms with Crippen molar-refractivity contribution in [2.45, 2.75) is 27.3 Å². The molecule has 2 rings (SSSR count). The second-order valence-corrected chi connectivity index (χ2v) is 6.80. The highest BCUT2D eigenvalue weighted by Crippen LogP contribution is 2.22. The smallest absolute Gasteiger partial charge is 0.244 e. The van der Waals surface area contributed by atoms with Crippen LogP contribution in [0.15, 0.2) is 6.08 Å². The molecule has 1 aromatic heterocycles. The Bertz CT molecular complexity index is 577. The van der Waals surface area contributed by atoms with E-state index in [0.29, 0.717) is 17.6 Å². The normalized spacial score (nSPS) is 16.2. The van der Waals surface area contributed by atoms with Crippen LogP contribution >= 0.6 is 11.6 Å². The van der Waals surface area contributed by atoms with Gasteiger partial charge in [-0.3, -0.25) is 14.4 Å². The second kappa shape index (κ2) is 9.20. The number of nitrogens with one attached hydrogen (secondary N) is 1. The molecule has 1 aromatic rings. The summed E-state index contributed by atoms with van der Waals surface area (Å²) in [4.78, 5) is 14.2. The van der Waals surface area contributed by atoms with E-state index in [2.05, 4.69) is 29.2 Å². The van der Waals surface area contributed by atoms with E-state index in [9.17, 15) is 4.79 Å². The van der Waals surface area contributed by atoms with Gasteiger partial charge in [0.15, 0.2) is 0 Å². The van der Waals surface area contributed by atoms with Crippen LogP contribution in [0.5, 0.6) is 0 Å². The van der Waals surface area contributed by atoms with Crippen molar-refractivity contribution in [1.29, 1.82) is 0 Å². The average molecular weight is 355 g/mol. The summed E-state index contributed by atoms with van der Waals surface area (Å²) in [5.41, 5.74) is 1.64. The molecule has 134 valence electrons. The summed E-state index contributed by atoms with van der Waals surface area (Å²) in [6.45, 7) is 11.8. The van der Waals surface area contributed by atoms with E-state index in [-0.39, 0.29) is 5.91 Å². The lowest BCUT2D eigenvalue weighted by Gasteiger charge is -2.26. The van der Waals surface area contributed by atoms with Crippen LogP contribution in [0.4, 0.5) is 0 Å². The molecule has 0 aliphatic carbocycles. The first-order chi connectivity index (χ1) is 11.5. The minimum atomic E-state index is -0.115. The molecular formula is C17H27ClN4O2. The summed E-state index contributed by atoms with van der Waals surface area (Å²) in [7, 11) is 0. The maximum Gasteiger partial charge on any atom is 0.244 e. The van der Waals surface area contributed by atoms with Gasteiger partial charge in [-0.1, -0.05) is 25.4 Å². The Labute approximate surface area is 148 Å². The van der Waals surface area contributed by atoms with E-state index in [4.69, 9.17) is 16.3 Å². The summed E-state index contributed by atoms with van der Waals surface area (Å²) in [6, 6.07) is 0. The first-order valence-electron chi connectivity index (χ1n) is 8.46. The number of nitrogens with zero attached hydrogens (tertiary/aromatic N) is 3. The van der Waals surface area contributed by atoms with Crippen molar-refractivity contribution in [2.75, 3.05) is 39.4 Å². The molecule has 1 aliphatic heterocycles. The fourth-order valence-corrected chi connectivity index (χ4v) is 2.91. The van der Waals surface area contributed by atoms with Crippen LogP contribution in [-0.2, 0) is 16.1 Å². The number of aryl methyl sites for hydroxylation is 1. The molecule has 2 heterocycles. The summed E-state index contributed by atoms with van der Waals surface area (Å²) in [5, 5.41) is 7.92. The largest absolute Gasteiger partial charge is 0.379 e. The van der Waals surface area contributed by atoms with E-state index >= 15 is 0 Å². The molecule has 7 heteroatoms. The highest BCUT2D eigenvalue weighted by Gasteiger charge is 2.12. The van der Waals surface area contributed by atoms with Crippen molar-refractivity contribution in [1.82, 2.24) is 20.0 Å². The van der Waals surface area contributed by atoms with E-state index in [0.717, 1.165) is 50.7 Å². The number of hydrogen-bond donors (Lipinski definition) is 1. The predicted octanol–water partition coefficient (Wildman–Crippen LogP) is 1.96. The zero-order valence-electron chi connectivity index (χ0n) is 14.7. The summed E-state index contributed by atoms with van der Waals surface area (Å²) in [6.07, 6.45) is 3.26. The van der Waals surface area contributed by atoms with Crippen molar-refractivity contribution in [3.05, 3.63) is 22.5 Å². The number of aromatic nitrogens is 2. The molecule has 0 saturated carbocycles. The minimum Gasteiger partial charge on any atom is -0.379 e. The summed E-state index contributed by atoms with van der Waals surface area (Å²) < 4.78 is 7.09. The molecule has 0 radical (unpaired) electrons. The zero-order valence-corrected chi connectivity index (χ0v) is 15.5. The van der Waals surface area contributed by atoms with Crippen molar-refractivity contribution < 1.29 is 9.53 Å². The number of hydrogen-bond acceptors (Lipinski definition) is 4. The van der Waals surface area contributed by atoms with Crippen LogP contribution in [-0.4, -0.2) is 60.0 Å². The molecule has 24 heavy (non-hydrogen) atoms. The van der Waals surface area contributed by atoms with Crippen molar-refractivity contribution >= 4 is 23.6 Å². The van der Waals surface area contributed by atoms with Crippen LogP contribution in [0.25, 0.3) is 6.08 Å². The number of halogens is 1. The SMILES string of the molecule is Cc1nn(CC(C)C)c(Cl)c1C=CC(=O)NCCN1CCOCC1. The molecule has 0 unspecified atom stereocenters.